The van der Waals surface area contributed by atoms with E-state index in [9.17, 15) is 0 Å². The summed E-state index contributed by atoms with van der Waals surface area (Å²) < 4.78 is 0. The van der Waals surface area contributed by atoms with E-state index in [0.717, 1.165) is 23.8 Å². The molecule has 2 fully saturated rings. The largest absolute Gasteiger partial charge is 0.311 e. The van der Waals surface area contributed by atoms with Crippen LogP contribution in [0, 0.1) is 17.8 Å². The van der Waals surface area contributed by atoms with Crippen molar-refractivity contribution in [1.29, 1.82) is 0 Å². The SMILES string of the molecule is CC(C)C1CN(C2CCCC(C)C2C)CCN1. The van der Waals surface area contributed by atoms with Crippen LogP contribution in [0.15, 0.2) is 0 Å². The summed E-state index contributed by atoms with van der Waals surface area (Å²) >= 11 is 0. The second-order valence-electron chi connectivity index (χ2n) is 6.63. The minimum atomic E-state index is 0.702. The van der Waals surface area contributed by atoms with Gasteiger partial charge in [0.05, 0.1) is 0 Å². The van der Waals surface area contributed by atoms with Gasteiger partial charge in [0.15, 0.2) is 0 Å². The lowest BCUT2D eigenvalue weighted by Crippen LogP contribution is -2.57. The van der Waals surface area contributed by atoms with Crippen molar-refractivity contribution in [3.8, 4) is 0 Å². The first-order valence-corrected chi connectivity index (χ1v) is 7.57. The lowest BCUT2D eigenvalue weighted by Gasteiger charge is -2.46. The molecule has 1 N–H and O–H groups in total. The number of nitrogens with one attached hydrogen (secondary N) is 1. The predicted octanol–water partition coefficient (Wildman–Crippen LogP) is 2.74. The average Bonchev–Trinajstić information content (AvgIpc) is 2.33. The maximum atomic E-state index is 3.67. The highest BCUT2D eigenvalue weighted by Crippen LogP contribution is 2.33. The maximum Gasteiger partial charge on any atom is 0.0218 e. The average molecular weight is 238 g/mol. The molecule has 1 aliphatic heterocycles. The molecule has 0 spiro atoms. The highest BCUT2D eigenvalue weighted by molar-refractivity contribution is 4.90. The lowest BCUT2D eigenvalue weighted by atomic mass is 9.77. The van der Waals surface area contributed by atoms with Crippen molar-refractivity contribution in [1.82, 2.24) is 10.2 Å². The van der Waals surface area contributed by atoms with Gasteiger partial charge in [-0.15, -0.1) is 0 Å². The molecule has 1 heterocycles. The van der Waals surface area contributed by atoms with E-state index < -0.39 is 0 Å². The number of nitrogens with zero attached hydrogens (tertiary/aromatic N) is 1. The van der Waals surface area contributed by atoms with Crippen LogP contribution in [0.1, 0.15) is 47.0 Å². The fraction of sp³-hybridized carbons (Fsp3) is 1.00. The molecule has 2 aliphatic rings. The van der Waals surface area contributed by atoms with Crippen molar-refractivity contribution >= 4 is 0 Å². The van der Waals surface area contributed by atoms with Gasteiger partial charge >= 0.3 is 0 Å². The number of hydrogen-bond donors (Lipinski definition) is 1. The first-order chi connectivity index (χ1) is 8.09. The van der Waals surface area contributed by atoms with E-state index in [1.165, 1.54) is 38.9 Å². The molecule has 0 radical (unpaired) electrons. The Balaban J connectivity index is 1.96. The molecule has 0 aromatic heterocycles. The standard InChI is InChI=1S/C15H30N2/c1-11(2)14-10-17(9-8-16-14)15-7-5-6-12(3)13(15)4/h11-16H,5-10H2,1-4H3. The molecule has 0 aromatic carbocycles. The first-order valence-electron chi connectivity index (χ1n) is 7.57. The van der Waals surface area contributed by atoms with Gasteiger partial charge in [0.25, 0.3) is 0 Å². The smallest absolute Gasteiger partial charge is 0.0218 e. The van der Waals surface area contributed by atoms with Gasteiger partial charge < -0.3 is 5.32 Å². The third-order valence-corrected chi connectivity index (χ3v) is 5.17. The van der Waals surface area contributed by atoms with E-state index in [-0.39, 0.29) is 0 Å². The minimum absolute atomic E-state index is 0.702. The minimum Gasteiger partial charge on any atom is -0.311 e. The van der Waals surface area contributed by atoms with Crippen LogP contribution in [0.4, 0.5) is 0 Å². The highest BCUT2D eigenvalue weighted by atomic mass is 15.2. The van der Waals surface area contributed by atoms with Gasteiger partial charge in [-0.25, -0.2) is 0 Å². The molecular formula is C15H30N2. The van der Waals surface area contributed by atoms with Crippen LogP contribution >= 0.6 is 0 Å². The first kappa shape index (κ1) is 13.4. The monoisotopic (exact) mass is 238 g/mol. The zero-order valence-corrected chi connectivity index (χ0v) is 12.1. The quantitative estimate of drug-likeness (QED) is 0.796. The Labute approximate surface area is 107 Å². The molecule has 0 bridgehead atoms. The third-order valence-electron chi connectivity index (χ3n) is 5.17. The second kappa shape index (κ2) is 5.71. The molecule has 1 saturated heterocycles. The Kier molecular flexibility index (Phi) is 4.48. The molecule has 2 nitrogen and oxygen atoms in total. The van der Waals surface area contributed by atoms with E-state index >= 15 is 0 Å². The Morgan fingerprint density at radius 3 is 2.65 bits per heavy atom. The van der Waals surface area contributed by atoms with E-state index in [2.05, 4.69) is 37.9 Å². The van der Waals surface area contributed by atoms with Crippen LogP contribution in [-0.2, 0) is 0 Å². The van der Waals surface area contributed by atoms with E-state index in [4.69, 9.17) is 0 Å². The molecule has 1 saturated carbocycles. The van der Waals surface area contributed by atoms with Crippen molar-refractivity contribution in [2.45, 2.75) is 59.0 Å². The summed E-state index contributed by atoms with van der Waals surface area (Å²) in [6.07, 6.45) is 4.31. The van der Waals surface area contributed by atoms with Gasteiger partial charge in [-0.2, -0.15) is 0 Å². The van der Waals surface area contributed by atoms with Crippen LogP contribution in [0.25, 0.3) is 0 Å². The zero-order valence-electron chi connectivity index (χ0n) is 12.1. The molecule has 2 rings (SSSR count). The van der Waals surface area contributed by atoms with Gasteiger partial charge in [-0.3, -0.25) is 4.90 Å². The molecule has 2 heteroatoms. The Morgan fingerprint density at radius 1 is 1.18 bits per heavy atom. The van der Waals surface area contributed by atoms with Crippen molar-refractivity contribution in [3.05, 3.63) is 0 Å². The Bertz CT molecular complexity index is 239. The summed E-state index contributed by atoms with van der Waals surface area (Å²) in [5, 5.41) is 3.67. The maximum absolute atomic E-state index is 3.67. The fourth-order valence-corrected chi connectivity index (χ4v) is 3.62. The summed E-state index contributed by atoms with van der Waals surface area (Å²) in [6.45, 7) is 13.3. The normalized spacial score (nSPS) is 40.8. The van der Waals surface area contributed by atoms with Crippen molar-refractivity contribution in [2.24, 2.45) is 17.8 Å². The van der Waals surface area contributed by atoms with Crippen molar-refractivity contribution in [3.63, 3.8) is 0 Å². The molecule has 0 amide bonds. The molecule has 4 atom stereocenters. The topological polar surface area (TPSA) is 15.3 Å². The Morgan fingerprint density at radius 2 is 1.94 bits per heavy atom. The van der Waals surface area contributed by atoms with Crippen LogP contribution in [0.3, 0.4) is 0 Å². The van der Waals surface area contributed by atoms with Gasteiger partial charge in [0.1, 0.15) is 0 Å². The van der Waals surface area contributed by atoms with Crippen LogP contribution < -0.4 is 5.32 Å². The zero-order chi connectivity index (χ0) is 12.4. The number of hydrogen-bond acceptors (Lipinski definition) is 2. The lowest BCUT2D eigenvalue weighted by molar-refractivity contribution is 0.0504. The van der Waals surface area contributed by atoms with Gasteiger partial charge in [0, 0.05) is 31.7 Å². The number of rotatable bonds is 2. The molecule has 4 unspecified atom stereocenters. The highest BCUT2D eigenvalue weighted by Gasteiger charge is 2.34. The third kappa shape index (κ3) is 3.03. The van der Waals surface area contributed by atoms with E-state index in [0.29, 0.717) is 6.04 Å². The second-order valence-corrected chi connectivity index (χ2v) is 6.63. The fourth-order valence-electron chi connectivity index (χ4n) is 3.62. The van der Waals surface area contributed by atoms with Crippen LogP contribution in [-0.4, -0.2) is 36.6 Å². The van der Waals surface area contributed by atoms with Crippen molar-refractivity contribution in [2.75, 3.05) is 19.6 Å². The number of piperazine rings is 1. The van der Waals surface area contributed by atoms with Crippen molar-refractivity contribution < 1.29 is 0 Å². The molecule has 0 aromatic rings. The summed E-state index contributed by atoms with van der Waals surface area (Å²) in [4.78, 5) is 2.78. The van der Waals surface area contributed by atoms with Crippen LogP contribution in [0.2, 0.25) is 0 Å². The van der Waals surface area contributed by atoms with Gasteiger partial charge in [-0.1, -0.05) is 40.5 Å². The van der Waals surface area contributed by atoms with E-state index in [1.807, 2.05) is 0 Å². The van der Waals surface area contributed by atoms with Crippen LogP contribution in [0.5, 0.6) is 0 Å². The summed E-state index contributed by atoms with van der Waals surface area (Å²) in [5.41, 5.74) is 0. The summed E-state index contributed by atoms with van der Waals surface area (Å²) in [7, 11) is 0. The molecule has 17 heavy (non-hydrogen) atoms. The van der Waals surface area contributed by atoms with Gasteiger partial charge in [-0.05, 0) is 24.2 Å². The molecule has 100 valence electrons. The summed E-state index contributed by atoms with van der Waals surface area (Å²) in [5.74, 6) is 2.56. The van der Waals surface area contributed by atoms with Gasteiger partial charge in [0.2, 0.25) is 0 Å². The molecule has 1 aliphatic carbocycles. The predicted molar refractivity (Wildman–Crippen MR) is 74.2 cm³/mol. The van der Waals surface area contributed by atoms with E-state index in [1.54, 1.807) is 0 Å². The molecular weight excluding hydrogens is 208 g/mol. The Hall–Kier alpha value is -0.0800. The summed E-state index contributed by atoms with van der Waals surface area (Å²) in [6, 6.07) is 1.55.